The number of hydrogen-bond acceptors (Lipinski definition) is 4. The van der Waals surface area contributed by atoms with Gasteiger partial charge in [-0.1, -0.05) is 54.1 Å². The minimum Gasteiger partial charge on any atom is -0.340 e. The van der Waals surface area contributed by atoms with Gasteiger partial charge in [-0.05, 0) is 18.6 Å². The molecule has 0 bridgehead atoms. The summed E-state index contributed by atoms with van der Waals surface area (Å²) in [5.74, 6) is -0.432. The fraction of sp³-hybridized carbons (Fsp3) is 0.136. The molecule has 1 atom stereocenters. The summed E-state index contributed by atoms with van der Waals surface area (Å²) in [5.41, 5.74) is 2.36. The van der Waals surface area contributed by atoms with E-state index in [4.69, 9.17) is 11.6 Å². The summed E-state index contributed by atoms with van der Waals surface area (Å²) in [6.07, 6.45) is 0. The van der Waals surface area contributed by atoms with Gasteiger partial charge in [0.05, 0.1) is 17.2 Å². The van der Waals surface area contributed by atoms with Crippen molar-refractivity contribution in [2.24, 2.45) is 0 Å². The minimum atomic E-state index is -0.683. The maximum Gasteiger partial charge on any atom is 0.329 e. The topological polar surface area (TPSA) is 84.0 Å². The second-order valence-electron chi connectivity index (χ2n) is 7.01. The van der Waals surface area contributed by atoms with Crippen LogP contribution in [0.4, 0.5) is 5.82 Å². The minimum absolute atomic E-state index is 0.146. The third-order valence-corrected chi connectivity index (χ3v) is 5.89. The monoisotopic (exact) mass is 405 g/mol. The zero-order chi connectivity index (χ0) is 20.3. The van der Waals surface area contributed by atoms with Crippen LogP contribution in [0, 0.1) is 0 Å². The molecule has 6 nitrogen and oxygen atoms in total. The van der Waals surface area contributed by atoms with Crippen molar-refractivity contribution >= 4 is 28.9 Å². The average Bonchev–Trinajstić information content (AvgIpc) is 3.00. The summed E-state index contributed by atoms with van der Waals surface area (Å²) < 4.78 is 1.47. The van der Waals surface area contributed by atoms with E-state index in [0.29, 0.717) is 45.3 Å². The molecule has 1 aliphatic carbocycles. The molecule has 1 aliphatic heterocycles. The van der Waals surface area contributed by atoms with Gasteiger partial charge in [0.25, 0.3) is 5.56 Å². The Bertz CT molecular complexity index is 1350. The second-order valence-corrected chi connectivity index (χ2v) is 7.42. The number of nitrogens with one attached hydrogen (secondary N) is 2. The van der Waals surface area contributed by atoms with Crippen molar-refractivity contribution in [2.75, 3.05) is 5.32 Å². The SMILES string of the molecule is CCn1c2c(c(=O)[nH]c1=O)[C@H](c1ccccc1Cl)C1=C(N2)c2ccccc2C1=O. The summed E-state index contributed by atoms with van der Waals surface area (Å²) in [6.45, 7) is 2.18. The molecular weight excluding hydrogens is 390 g/mol. The quantitative estimate of drug-likeness (QED) is 0.684. The molecule has 2 aliphatic rings. The van der Waals surface area contributed by atoms with Gasteiger partial charge in [0, 0.05) is 28.3 Å². The summed E-state index contributed by atoms with van der Waals surface area (Å²) in [7, 11) is 0. The molecule has 2 aromatic carbocycles. The standard InChI is InChI=1S/C22H16ClN3O3/c1-2-26-20-17(21(28)25-22(26)29)15(13-9-5-6-10-14(13)23)16-18(24-20)11-7-3-4-8-12(11)19(16)27/h3-10,15,24H,2H2,1H3,(H,25,28,29)/t15-/m1/s1. The lowest BCUT2D eigenvalue weighted by Crippen LogP contribution is -2.38. The lowest BCUT2D eigenvalue weighted by Gasteiger charge is -2.29. The van der Waals surface area contributed by atoms with Crippen molar-refractivity contribution < 1.29 is 4.79 Å². The molecule has 1 aromatic heterocycles. The van der Waals surface area contributed by atoms with Crippen LogP contribution in [0.25, 0.3) is 5.70 Å². The van der Waals surface area contributed by atoms with Crippen LogP contribution in [-0.2, 0) is 6.54 Å². The lowest BCUT2D eigenvalue weighted by molar-refractivity contribution is 0.103. The number of allylic oxidation sites excluding steroid dienone is 1. The Balaban J connectivity index is 1.90. The first kappa shape index (κ1) is 17.7. The first-order valence-corrected chi connectivity index (χ1v) is 9.67. The number of hydrogen-bond donors (Lipinski definition) is 2. The van der Waals surface area contributed by atoms with Gasteiger partial charge < -0.3 is 5.32 Å². The molecular formula is C22H16ClN3O3. The first-order chi connectivity index (χ1) is 14.0. The predicted molar refractivity (Wildman–Crippen MR) is 112 cm³/mol. The molecule has 0 radical (unpaired) electrons. The van der Waals surface area contributed by atoms with Crippen LogP contribution in [0.3, 0.4) is 0 Å². The largest absolute Gasteiger partial charge is 0.340 e. The molecule has 29 heavy (non-hydrogen) atoms. The highest BCUT2D eigenvalue weighted by atomic mass is 35.5. The Hall–Kier alpha value is -3.38. The van der Waals surface area contributed by atoms with E-state index in [0.717, 1.165) is 5.56 Å². The van der Waals surface area contributed by atoms with Crippen molar-refractivity contribution in [3.8, 4) is 0 Å². The van der Waals surface area contributed by atoms with Gasteiger partial charge in [-0.25, -0.2) is 4.79 Å². The summed E-state index contributed by atoms with van der Waals surface area (Å²) in [4.78, 5) is 41.1. The van der Waals surface area contributed by atoms with Crippen molar-refractivity contribution in [1.82, 2.24) is 9.55 Å². The van der Waals surface area contributed by atoms with Gasteiger partial charge in [-0.15, -0.1) is 0 Å². The van der Waals surface area contributed by atoms with Crippen molar-refractivity contribution in [2.45, 2.75) is 19.4 Å². The molecule has 3 aromatic rings. The number of benzene rings is 2. The highest BCUT2D eigenvalue weighted by Gasteiger charge is 2.42. The van der Waals surface area contributed by atoms with E-state index in [1.54, 1.807) is 18.2 Å². The molecule has 5 rings (SSSR count). The van der Waals surface area contributed by atoms with E-state index in [-0.39, 0.29) is 5.78 Å². The fourth-order valence-corrected chi connectivity index (χ4v) is 4.53. The van der Waals surface area contributed by atoms with Gasteiger partial charge in [0.1, 0.15) is 5.82 Å². The predicted octanol–water partition coefficient (Wildman–Crippen LogP) is 3.37. The van der Waals surface area contributed by atoms with Crippen molar-refractivity contribution in [3.05, 3.63) is 102 Å². The van der Waals surface area contributed by atoms with Gasteiger partial charge in [-0.2, -0.15) is 0 Å². The van der Waals surface area contributed by atoms with E-state index < -0.39 is 17.2 Å². The van der Waals surface area contributed by atoms with Crippen LogP contribution >= 0.6 is 11.6 Å². The number of anilines is 1. The zero-order valence-corrected chi connectivity index (χ0v) is 16.2. The molecule has 2 heterocycles. The summed E-state index contributed by atoms with van der Waals surface area (Å²) in [6, 6.07) is 14.4. The number of rotatable bonds is 2. The number of carbonyl (C=O) groups is 1. The van der Waals surface area contributed by atoms with E-state index >= 15 is 0 Å². The van der Waals surface area contributed by atoms with Crippen LogP contribution in [0.15, 0.2) is 63.7 Å². The average molecular weight is 406 g/mol. The van der Waals surface area contributed by atoms with Crippen molar-refractivity contribution in [1.29, 1.82) is 0 Å². The lowest BCUT2D eigenvalue weighted by atomic mass is 9.81. The first-order valence-electron chi connectivity index (χ1n) is 9.29. The molecule has 0 amide bonds. The van der Waals surface area contributed by atoms with Crippen LogP contribution in [0.2, 0.25) is 5.02 Å². The Labute approximate surface area is 170 Å². The zero-order valence-electron chi connectivity index (χ0n) is 15.5. The summed E-state index contributed by atoms with van der Waals surface area (Å²) >= 11 is 6.50. The van der Waals surface area contributed by atoms with Crippen LogP contribution in [0.1, 0.15) is 39.9 Å². The van der Waals surface area contributed by atoms with E-state index in [9.17, 15) is 14.4 Å². The van der Waals surface area contributed by atoms with Gasteiger partial charge >= 0.3 is 5.69 Å². The molecule has 144 valence electrons. The van der Waals surface area contributed by atoms with Gasteiger partial charge in [0.2, 0.25) is 0 Å². The maximum absolute atomic E-state index is 13.3. The Morgan fingerprint density at radius 1 is 1.00 bits per heavy atom. The van der Waals surface area contributed by atoms with E-state index in [1.807, 2.05) is 37.3 Å². The van der Waals surface area contributed by atoms with Gasteiger partial charge in [0.15, 0.2) is 5.78 Å². The molecule has 0 saturated carbocycles. The van der Waals surface area contributed by atoms with E-state index in [2.05, 4.69) is 10.3 Å². The van der Waals surface area contributed by atoms with Gasteiger partial charge in [-0.3, -0.25) is 19.1 Å². The molecule has 7 heteroatoms. The molecule has 2 N–H and O–H groups in total. The number of halogens is 1. The number of Topliss-reactive ketones (excluding diaryl/α,β-unsaturated/α-hetero) is 1. The number of H-pyrrole nitrogens is 1. The molecule has 0 saturated heterocycles. The third kappa shape index (κ3) is 2.39. The number of carbonyl (C=O) groups excluding carboxylic acids is 1. The Morgan fingerprint density at radius 2 is 1.69 bits per heavy atom. The van der Waals surface area contributed by atoms with Crippen LogP contribution in [0.5, 0.6) is 0 Å². The number of aromatic nitrogens is 2. The molecule has 0 fully saturated rings. The maximum atomic E-state index is 13.3. The van der Waals surface area contributed by atoms with Crippen LogP contribution < -0.4 is 16.6 Å². The second kappa shape index (κ2) is 6.32. The Kier molecular flexibility index (Phi) is 3.86. The number of ketones is 1. The van der Waals surface area contributed by atoms with Crippen molar-refractivity contribution in [3.63, 3.8) is 0 Å². The normalized spacial score (nSPS) is 16.9. The smallest absolute Gasteiger partial charge is 0.329 e. The summed E-state index contributed by atoms with van der Waals surface area (Å²) in [5, 5.41) is 3.68. The van der Waals surface area contributed by atoms with E-state index in [1.165, 1.54) is 4.57 Å². The Morgan fingerprint density at radius 3 is 2.41 bits per heavy atom. The number of nitrogens with zero attached hydrogens (tertiary/aromatic N) is 1. The molecule has 0 spiro atoms. The fourth-order valence-electron chi connectivity index (χ4n) is 4.29. The highest BCUT2D eigenvalue weighted by molar-refractivity contribution is 6.32. The molecule has 0 unspecified atom stereocenters. The van der Waals surface area contributed by atoms with Crippen LogP contribution in [-0.4, -0.2) is 15.3 Å². The highest BCUT2D eigenvalue weighted by Crippen LogP contribution is 2.48. The number of fused-ring (bicyclic) bond motifs is 3. The number of aromatic amines is 1. The third-order valence-electron chi connectivity index (χ3n) is 5.54.